The first-order chi connectivity index (χ1) is 17.3. The first-order valence-corrected chi connectivity index (χ1v) is 14.0. The molecule has 0 bridgehead atoms. The summed E-state index contributed by atoms with van der Waals surface area (Å²) in [4.78, 5) is 12.7. The summed E-state index contributed by atoms with van der Waals surface area (Å²) in [5.41, 5.74) is 4.34. The Hall–Kier alpha value is -3.23. The van der Waals surface area contributed by atoms with E-state index in [1.54, 1.807) is 34.9 Å². The third-order valence-electron chi connectivity index (χ3n) is 6.11. The van der Waals surface area contributed by atoms with Crippen molar-refractivity contribution in [3.05, 3.63) is 134 Å². The molecule has 0 spiro atoms. The number of aromatic nitrogens is 1. The number of hydrogen-bond donors (Lipinski definition) is 1. The first-order valence-electron chi connectivity index (χ1n) is 11.3. The highest BCUT2D eigenvalue weighted by Gasteiger charge is 2.25. The van der Waals surface area contributed by atoms with Gasteiger partial charge in [0.2, 0.25) is 10.0 Å². The lowest BCUT2D eigenvalue weighted by Gasteiger charge is -2.21. The summed E-state index contributed by atoms with van der Waals surface area (Å²) in [6.45, 7) is 2.34. The molecule has 4 aromatic carbocycles. The standard InChI is InChI=1S/C28H23ClN2O3S2/c1-19-7-5-6-10-24(19)27(21-8-3-2-4-9-21)30-36(33,34)23-15-16-25-26(17-23)35-28(32)31(25)18-20-11-13-22(29)14-12-20/h2-17,27,30H,18H2,1H3/t27-/m0/s1. The zero-order valence-corrected chi connectivity index (χ0v) is 21.8. The molecule has 36 heavy (non-hydrogen) atoms. The molecule has 0 aliphatic heterocycles. The van der Waals surface area contributed by atoms with Crippen LogP contribution in [0, 0.1) is 6.92 Å². The van der Waals surface area contributed by atoms with Crippen LogP contribution in [0.25, 0.3) is 10.2 Å². The Morgan fingerprint density at radius 2 is 1.61 bits per heavy atom. The molecular weight excluding hydrogens is 512 g/mol. The number of nitrogens with one attached hydrogen (secondary N) is 1. The molecular formula is C28H23ClN2O3S2. The molecule has 1 heterocycles. The van der Waals surface area contributed by atoms with E-state index in [-0.39, 0.29) is 9.77 Å². The van der Waals surface area contributed by atoms with Crippen LogP contribution in [-0.2, 0) is 16.6 Å². The Bertz CT molecular complexity index is 1690. The molecule has 1 aromatic heterocycles. The van der Waals surface area contributed by atoms with Crippen LogP contribution in [0.2, 0.25) is 5.02 Å². The molecule has 0 aliphatic rings. The zero-order valence-electron chi connectivity index (χ0n) is 19.4. The van der Waals surface area contributed by atoms with Gasteiger partial charge in [-0.1, -0.05) is 89.7 Å². The summed E-state index contributed by atoms with van der Waals surface area (Å²) < 4.78 is 32.3. The molecule has 0 fully saturated rings. The molecule has 5 aromatic rings. The number of hydrogen-bond acceptors (Lipinski definition) is 4. The highest BCUT2D eigenvalue weighted by molar-refractivity contribution is 7.89. The Balaban J connectivity index is 1.50. The molecule has 0 saturated heterocycles. The van der Waals surface area contributed by atoms with Gasteiger partial charge in [-0.05, 0) is 59.5 Å². The van der Waals surface area contributed by atoms with Crippen molar-refractivity contribution < 1.29 is 8.42 Å². The quantitative estimate of drug-likeness (QED) is 0.272. The number of halogens is 1. The van der Waals surface area contributed by atoms with Crippen LogP contribution in [-0.4, -0.2) is 13.0 Å². The number of nitrogens with zero attached hydrogens (tertiary/aromatic N) is 1. The van der Waals surface area contributed by atoms with Crippen LogP contribution in [0.15, 0.2) is 107 Å². The lowest BCUT2D eigenvalue weighted by atomic mass is 9.96. The lowest BCUT2D eigenvalue weighted by Crippen LogP contribution is -2.30. The average molecular weight is 535 g/mol. The summed E-state index contributed by atoms with van der Waals surface area (Å²) in [5, 5.41) is 0.628. The van der Waals surface area contributed by atoms with Crippen LogP contribution in [0.5, 0.6) is 0 Å². The Kier molecular flexibility index (Phi) is 6.81. The Morgan fingerprint density at radius 1 is 0.917 bits per heavy atom. The number of benzene rings is 4. The van der Waals surface area contributed by atoms with Crippen molar-refractivity contribution in [3.63, 3.8) is 0 Å². The maximum Gasteiger partial charge on any atom is 0.308 e. The van der Waals surface area contributed by atoms with Crippen molar-refractivity contribution in [2.24, 2.45) is 0 Å². The largest absolute Gasteiger partial charge is 0.308 e. The van der Waals surface area contributed by atoms with Gasteiger partial charge >= 0.3 is 4.87 Å². The lowest BCUT2D eigenvalue weighted by molar-refractivity contribution is 0.572. The second-order valence-electron chi connectivity index (χ2n) is 8.53. The normalized spacial score (nSPS) is 12.6. The van der Waals surface area contributed by atoms with Gasteiger partial charge in [0.1, 0.15) is 0 Å². The second-order valence-corrected chi connectivity index (χ2v) is 11.7. The van der Waals surface area contributed by atoms with Crippen molar-refractivity contribution in [1.82, 2.24) is 9.29 Å². The molecule has 5 nitrogen and oxygen atoms in total. The Morgan fingerprint density at radius 3 is 2.33 bits per heavy atom. The van der Waals surface area contributed by atoms with Gasteiger partial charge in [0.15, 0.2) is 0 Å². The third-order valence-corrected chi connectivity index (χ3v) is 8.72. The van der Waals surface area contributed by atoms with Crippen molar-refractivity contribution in [3.8, 4) is 0 Å². The minimum atomic E-state index is -3.90. The molecule has 0 radical (unpaired) electrons. The molecule has 0 aliphatic carbocycles. The van der Waals surface area contributed by atoms with Gasteiger partial charge in [0.25, 0.3) is 0 Å². The fourth-order valence-electron chi connectivity index (χ4n) is 4.23. The topological polar surface area (TPSA) is 68.2 Å². The van der Waals surface area contributed by atoms with Crippen molar-refractivity contribution in [2.75, 3.05) is 0 Å². The molecule has 182 valence electrons. The van der Waals surface area contributed by atoms with Gasteiger partial charge in [-0.15, -0.1) is 0 Å². The summed E-state index contributed by atoms with van der Waals surface area (Å²) >= 11 is 7.01. The average Bonchev–Trinajstić information content (AvgIpc) is 3.19. The fraction of sp³-hybridized carbons (Fsp3) is 0.107. The first kappa shape index (κ1) is 24.5. The number of sulfonamides is 1. The minimum absolute atomic E-state index is 0.115. The SMILES string of the molecule is Cc1ccccc1[C@@H](NS(=O)(=O)c1ccc2c(c1)sc(=O)n2Cc1ccc(Cl)cc1)c1ccccc1. The van der Waals surface area contributed by atoms with E-state index in [4.69, 9.17) is 11.6 Å². The fourth-order valence-corrected chi connectivity index (χ4v) is 6.59. The van der Waals surface area contributed by atoms with Gasteiger partial charge in [0.05, 0.1) is 27.7 Å². The van der Waals surface area contributed by atoms with E-state index in [1.165, 1.54) is 0 Å². The maximum atomic E-state index is 13.6. The van der Waals surface area contributed by atoms with E-state index >= 15 is 0 Å². The second kappa shape index (κ2) is 10.0. The van der Waals surface area contributed by atoms with Crippen LogP contribution in [0.1, 0.15) is 28.3 Å². The molecule has 8 heteroatoms. The van der Waals surface area contributed by atoms with E-state index in [1.807, 2.05) is 73.7 Å². The highest BCUT2D eigenvalue weighted by Crippen LogP contribution is 2.28. The molecule has 1 atom stereocenters. The highest BCUT2D eigenvalue weighted by atomic mass is 35.5. The monoisotopic (exact) mass is 534 g/mol. The Labute approximate surface area is 218 Å². The summed E-state index contributed by atoms with van der Waals surface area (Å²) in [7, 11) is -3.90. The van der Waals surface area contributed by atoms with Crippen LogP contribution in [0.4, 0.5) is 0 Å². The maximum absolute atomic E-state index is 13.6. The van der Waals surface area contributed by atoms with Gasteiger partial charge in [-0.2, -0.15) is 4.72 Å². The molecule has 0 unspecified atom stereocenters. The van der Waals surface area contributed by atoms with E-state index < -0.39 is 16.1 Å². The molecule has 0 amide bonds. The predicted octanol–water partition coefficient (Wildman–Crippen LogP) is 6.14. The van der Waals surface area contributed by atoms with E-state index in [0.717, 1.165) is 33.6 Å². The minimum Gasteiger partial charge on any atom is -0.294 e. The van der Waals surface area contributed by atoms with Crippen LogP contribution < -0.4 is 9.60 Å². The third kappa shape index (κ3) is 5.01. The summed E-state index contributed by atoms with van der Waals surface area (Å²) in [6.07, 6.45) is 0. The smallest absolute Gasteiger partial charge is 0.294 e. The zero-order chi connectivity index (χ0) is 25.3. The molecule has 5 rings (SSSR count). The molecule has 0 saturated carbocycles. The van der Waals surface area contributed by atoms with Crippen molar-refractivity contribution in [2.45, 2.75) is 24.4 Å². The van der Waals surface area contributed by atoms with Crippen molar-refractivity contribution in [1.29, 1.82) is 0 Å². The van der Waals surface area contributed by atoms with Gasteiger partial charge < -0.3 is 0 Å². The number of aryl methyl sites for hydroxylation is 1. The predicted molar refractivity (Wildman–Crippen MR) is 146 cm³/mol. The van der Waals surface area contributed by atoms with E-state index in [0.29, 0.717) is 21.8 Å². The van der Waals surface area contributed by atoms with Gasteiger partial charge in [0, 0.05) is 5.02 Å². The van der Waals surface area contributed by atoms with Crippen LogP contribution >= 0.6 is 22.9 Å². The summed E-state index contributed by atoms with van der Waals surface area (Å²) in [6, 6.07) is 28.8. The van der Waals surface area contributed by atoms with E-state index in [9.17, 15) is 13.2 Å². The number of fused-ring (bicyclic) bond motifs is 1. The van der Waals surface area contributed by atoms with Crippen molar-refractivity contribution >= 4 is 43.2 Å². The molecule has 1 N–H and O–H groups in total. The van der Waals surface area contributed by atoms with Gasteiger partial charge in [-0.3, -0.25) is 9.36 Å². The number of rotatable bonds is 7. The van der Waals surface area contributed by atoms with E-state index in [2.05, 4.69) is 4.72 Å². The van der Waals surface area contributed by atoms with Crippen LogP contribution in [0.3, 0.4) is 0 Å². The number of thiazole rings is 1. The van der Waals surface area contributed by atoms with Gasteiger partial charge in [-0.25, -0.2) is 8.42 Å². The summed E-state index contributed by atoms with van der Waals surface area (Å²) in [5.74, 6) is 0.